The molecule has 186 valence electrons. The van der Waals surface area contributed by atoms with Crippen LogP contribution in [0.3, 0.4) is 0 Å². The standard InChI is InChI=1S/C25H17ClF2N6O2S/c1-2-18(35)33-9-11-5-6-36-22-13(25-32-31-17(10-33)34(11)25)7-16(28)20(21(22)26)12-3-4-15(27)23-19(12)14(8-29)24(30)37-23/h2-4,7,11H,1,5-6,9-10,30H2/t11-/m1/s1. The number of rotatable bonds is 2. The number of carbonyl (C=O) groups excluding carboxylic acids is 1. The van der Waals surface area contributed by atoms with Gasteiger partial charge in [0, 0.05) is 23.9 Å². The van der Waals surface area contributed by atoms with E-state index in [0.29, 0.717) is 30.2 Å². The van der Waals surface area contributed by atoms with Gasteiger partial charge in [0.2, 0.25) is 5.91 Å². The number of halogens is 3. The molecule has 4 aromatic rings. The predicted octanol–water partition coefficient (Wildman–Crippen LogP) is 5.06. The smallest absolute Gasteiger partial charge is 0.246 e. The van der Waals surface area contributed by atoms with E-state index < -0.39 is 11.6 Å². The van der Waals surface area contributed by atoms with Crippen LogP contribution in [0.1, 0.15) is 23.9 Å². The van der Waals surface area contributed by atoms with Crippen LogP contribution in [0.15, 0.2) is 30.9 Å². The molecular formula is C25H17ClF2N6O2S. The van der Waals surface area contributed by atoms with Crippen molar-refractivity contribution < 1.29 is 18.3 Å². The molecule has 2 aliphatic heterocycles. The van der Waals surface area contributed by atoms with E-state index in [0.717, 1.165) is 11.3 Å². The molecule has 8 nitrogen and oxygen atoms in total. The summed E-state index contributed by atoms with van der Waals surface area (Å²) in [6.45, 7) is 4.42. The molecule has 0 bridgehead atoms. The van der Waals surface area contributed by atoms with E-state index in [1.54, 1.807) is 4.90 Å². The number of carbonyl (C=O) groups is 1. The molecule has 0 unspecified atom stereocenters. The third kappa shape index (κ3) is 3.40. The molecule has 2 aromatic heterocycles. The summed E-state index contributed by atoms with van der Waals surface area (Å²) in [5.74, 6) is -0.356. The van der Waals surface area contributed by atoms with Crippen molar-refractivity contribution in [1.29, 1.82) is 5.26 Å². The van der Waals surface area contributed by atoms with Gasteiger partial charge < -0.3 is 19.9 Å². The first-order chi connectivity index (χ1) is 17.8. The zero-order valence-electron chi connectivity index (χ0n) is 19.1. The van der Waals surface area contributed by atoms with Crippen molar-refractivity contribution in [3.8, 4) is 34.3 Å². The van der Waals surface area contributed by atoms with Gasteiger partial charge in [0.15, 0.2) is 11.6 Å². The average Bonchev–Trinajstić information content (AvgIpc) is 3.45. The van der Waals surface area contributed by atoms with E-state index in [2.05, 4.69) is 16.8 Å². The Hall–Kier alpha value is -4.01. The summed E-state index contributed by atoms with van der Waals surface area (Å²) < 4.78 is 38.5. The number of nitrogens with zero attached hydrogens (tertiary/aromatic N) is 5. The number of fused-ring (bicyclic) bond motifs is 3. The molecule has 0 spiro atoms. The number of hydrogen-bond donors (Lipinski definition) is 1. The third-order valence-corrected chi connectivity index (χ3v) is 8.08. The predicted molar refractivity (Wildman–Crippen MR) is 135 cm³/mol. The van der Waals surface area contributed by atoms with Crippen molar-refractivity contribution in [1.82, 2.24) is 19.7 Å². The minimum atomic E-state index is -0.706. The second-order valence-electron chi connectivity index (χ2n) is 8.70. The Morgan fingerprint density at radius 3 is 2.89 bits per heavy atom. The van der Waals surface area contributed by atoms with E-state index in [1.165, 1.54) is 24.3 Å². The van der Waals surface area contributed by atoms with Gasteiger partial charge in [-0.15, -0.1) is 21.5 Å². The Labute approximate surface area is 218 Å². The molecule has 0 fully saturated rings. The van der Waals surface area contributed by atoms with Crippen LogP contribution in [0.5, 0.6) is 5.75 Å². The van der Waals surface area contributed by atoms with Crippen molar-refractivity contribution >= 4 is 43.9 Å². The quantitative estimate of drug-likeness (QED) is 0.357. The number of hydrogen-bond acceptors (Lipinski definition) is 7. The van der Waals surface area contributed by atoms with Gasteiger partial charge in [0.1, 0.15) is 28.5 Å². The highest BCUT2D eigenvalue weighted by Crippen LogP contribution is 2.49. The molecule has 37 heavy (non-hydrogen) atoms. The Morgan fingerprint density at radius 2 is 2.14 bits per heavy atom. The molecule has 0 radical (unpaired) electrons. The lowest BCUT2D eigenvalue weighted by molar-refractivity contribution is -0.128. The summed E-state index contributed by atoms with van der Waals surface area (Å²) in [6.07, 6.45) is 1.77. The molecule has 0 saturated carbocycles. The van der Waals surface area contributed by atoms with Crippen LogP contribution in [-0.4, -0.2) is 38.7 Å². The van der Waals surface area contributed by atoms with Gasteiger partial charge >= 0.3 is 0 Å². The molecule has 0 aliphatic carbocycles. The number of nitrogen functional groups attached to an aromatic ring is 1. The molecule has 6 rings (SSSR count). The van der Waals surface area contributed by atoms with Crippen LogP contribution in [0.25, 0.3) is 32.6 Å². The second kappa shape index (κ2) is 8.54. The maximum Gasteiger partial charge on any atom is 0.246 e. The monoisotopic (exact) mass is 538 g/mol. The Kier molecular flexibility index (Phi) is 5.40. The molecule has 0 saturated heterocycles. The van der Waals surface area contributed by atoms with Crippen LogP contribution in [0, 0.1) is 23.0 Å². The van der Waals surface area contributed by atoms with Crippen molar-refractivity contribution in [2.24, 2.45) is 0 Å². The number of aromatic nitrogens is 3. The maximum atomic E-state index is 15.9. The number of nitrogens with two attached hydrogens (primary N) is 1. The van der Waals surface area contributed by atoms with Crippen LogP contribution in [-0.2, 0) is 11.3 Å². The van der Waals surface area contributed by atoms with E-state index in [9.17, 15) is 14.4 Å². The number of nitriles is 1. The first kappa shape index (κ1) is 23.4. The lowest BCUT2D eigenvalue weighted by Crippen LogP contribution is -2.41. The zero-order valence-corrected chi connectivity index (χ0v) is 20.7. The Balaban J connectivity index is 1.56. The molecule has 12 heteroatoms. The minimum Gasteiger partial charge on any atom is -0.491 e. The summed E-state index contributed by atoms with van der Waals surface area (Å²) in [7, 11) is 0. The first-order valence-electron chi connectivity index (χ1n) is 11.2. The molecule has 2 aliphatic rings. The molecule has 2 aromatic carbocycles. The number of thiophene rings is 1. The van der Waals surface area contributed by atoms with Crippen molar-refractivity contribution in [2.75, 3.05) is 18.9 Å². The van der Waals surface area contributed by atoms with Crippen LogP contribution in [0.4, 0.5) is 13.8 Å². The minimum absolute atomic E-state index is 0.0297. The highest BCUT2D eigenvalue weighted by Gasteiger charge is 2.35. The van der Waals surface area contributed by atoms with Gasteiger partial charge in [0.25, 0.3) is 0 Å². The summed E-state index contributed by atoms with van der Waals surface area (Å²) in [5, 5.41) is 18.5. The Morgan fingerprint density at radius 1 is 1.32 bits per heavy atom. The SMILES string of the molecule is C=CC(=O)N1Cc2nnc3n2[C@H](CCOc2c-3cc(F)c(-c3ccc(F)c4sc(N)c(C#N)c34)c2Cl)C1. The van der Waals surface area contributed by atoms with Crippen LogP contribution >= 0.6 is 22.9 Å². The number of benzene rings is 2. The van der Waals surface area contributed by atoms with Gasteiger partial charge in [-0.1, -0.05) is 24.2 Å². The van der Waals surface area contributed by atoms with E-state index in [1.807, 2.05) is 10.6 Å². The largest absolute Gasteiger partial charge is 0.491 e. The van der Waals surface area contributed by atoms with Crippen molar-refractivity contribution in [3.63, 3.8) is 0 Å². The van der Waals surface area contributed by atoms with Crippen LogP contribution < -0.4 is 10.5 Å². The molecule has 1 amide bonds. The van der Waals surface area contributed by atoms with Gasteiger partial charge in [-0.2, -0.15) is 5.26 Å². The van der Waals surface area contributed by atoms with E-state index in [-0.39, 0.29) is 67.7 Å². The first-order valence-corrected chi connectivity index (χ1v) is 12.4. The molecule has 2 N–H and O–H groups in total. The fraction of sp³-hybridized carbons (Fsp3) is 0.200. The van der Waals surface area contributed by atoms with E-state index >= 15 is 4.39 Å². The average molecular weight is 539 g/mol. The fourth-order valence-electron chi connectivity index (χ4n) is 5.05. The normalized spacial score (nSPS) is 16.3. The number of ether oxygens (including phenoxy) is 1. The summed E-state index contributed by atoms with van der Waals surface area (Å²) >= 11 is 7.70. The lowest BCUT2D eigenvalue weighted by atomic mass is 9.96. The number of anilines is 1. The lowest BCUT2D eigenvalue weighted by Gasteiger charge is -2.35. The maximum absolute atomic E-state index is 15.9. The topological polar surface area (TPSA) is 110 Å². The second-order valence-corrected chi connectivity index (χ2v) is 10.1. The van der Waals surface area contributed by atoms with Crippen molar-refractivity contribution in [3.05, 3.63) is 58.9 Å². The third-order valence-electron chi connectivity index (χ3n) is 6.69. The highest BCUT2D eigenvalue weighted by atomic mass is 35.5. The number of amides is 1. The van der Waals surface area contributed by atoms with E-state index in [4.69, 9.17) is 22.1 Å². The van der Waals surface area contributed by atoms with Crippen molar-refractivity contribution in [2.45, 2.75) is 19.0 Å². The molecule has 1 atom stereocenters. The molecule has 4 heterocycles. The zero-order chi connectivity index (χ0) is 26.0. The summed E-state index contributed by atoms with van der Waals surface area (Å²) in [4.78, 5) is 13.9. The van der Waals surface area contributed by atoms with Gasteiger partial charge in [-0.3, -0.25) is 4.79 Å². The Bertz CT molecular complexity index is 1690. The summed E-state index contributed by atoms with van der Waals surface area (Å²) in [5.41, 5.74) is 6.53. The van der Waals surface area contributed by atoms with Gasteiger partial charge in [0.05, 0.1) is 40.0 Å². The molecular weight excluding hydrogens is 522 g/mol. The van der Waals surface area contributed by atoms with Crippen LogP contribution in [0.2, 0.25) is 5.02 Å². The van der Waals surface area contributed by atoms with Gasteiger partial charge in [-0.25, -0.2) is 8.78 Å². The fourth-order valence-corrected chi connectivity index (χ4v) is 6.35. The highest BCUT2D eigenvalue weighted by molar-refractivity contribution is 7.23. The van der Waals surface area contributed by atoms with Gasteiger partial charge in [-0.05, 0) is 23.8 Å². The summed E-state index contributed by atoms with van der Waals surface area (Å²) in [6, 6.07) is 5.64.